The van der Waals surface area contributed by atoms with Crippen LogP contribution in [-0.2, 0) is 11.1 Å². The maximum absolute atomic E-state index is 6.24. The van der Waals surface area contributed by atoms with Crippen LogP contribution in [0.2, 0.25) is 18.1 Å². The van der Waals surface area contributed by atoms with Crippen molar-refractivity contribution in [1.82, 2.24) is 0 Å². The first-order valence-corrected chi connectivity index (χ1v) is 15.5. The van der Waals surface area contributed by atoms with E-state index in [0.717, 1.165) is 18.1 Å². The summed E-state index contributed by atoms with van der Waals surface area (Å²) in [7, 11) is -2.12. The molecule has 0 rings (SSSR count). The van der Waals surface area contributed by atoms with Crippen molar-refractivity contribution in [3.63, 3.8) is 0 Å². The summed E-state index contributed by atoms with van der Waals surface area (Å²) in [5, 5.41) is 0. The number of hydrogen-bond donors (Lipinski definition) is 0. The Morgan fingerprint density at radius 2 is 0.926 bits per heavy atom. The van der Waals surface area contributed by atoms with E-state index in [1.54, 1.807) is 0 Å². The summed E-state index contributed by atoms with van der Waals surface area (Å²) in [6.45, 7) is 5.38. The van der Waals surface area contributed by atoms with E-state index in [1.165, 1.54) is 0 Å². The normalized spacial score (nSPS) is 14.6. The lowest BCUT2D eigenvalue weighted by molar-refractivity contribution is 0.129. The van der Waals surface area contributed by atoms with Crippen molar-refractivity contribution in [2.24, 2.45) is 0 Å². The predicted molar refractivity (Wildman–Crippen MR) is 125 cm³/mol. The molecule has 15 heteroatoms. The van der Waals surface area contributed by atoms with Crippen molar-refractivity contribution in [3.8, 4) is 0 Å². The summed E-state index contributed by atoms with van der Waals surface area (Å²) >= 11 is 55.9. The lowest BCUT2D eigenvalue weighted by Gasteiger charge is -2.34. The molecular weight excluding hydrogens is 602 g/mol. The molecule has 3 nitrogen and oxygen atoms in total. The molecule has 0 aromatic heterocycles. The van der Waals surface area contributed by atoms with E-state index >= 15 is 0 Å². The fourth-order valence-corrected chi connectivity index (χ4v) is 9.38. The molecule has 0 N–H and O–H groups in total. The summed E-state index contributed by atoms with van der Waals surface area (Å²) in [4.78, 5) is 0. The average molecular weight is 621 g/mol. The Labute approximate surface area is 216 Å². The molecule has 0 saturated carbocycles. The molecule has 0 heterocycles. The van der Waals surface area contributed by atoms with Gasteiger partial charge in [-0.15, -0.1) is 0 Å². The highest BCUT2D eigenvalue weighted by Gasteiger charge is 2.52. The first kappa shape index (κ1) is 30.5. The van der Waals surface area contributed by atoms with Gasteiger partial charge in [-0.25, -0.2) is 0 Å². The van der Waals surface area contributed by atoms with Gasteiger partial charge >= 0.3 is 15.1 Å². The molecule has 0 saturated heterocycles. The number of alkyl halides is 10. The Hall–Kier alpha value is 3.53. The fraction of sp³-hybridized carbons (Fsp3) is 1.00. The Balaban J connectivity index is 5.34. The van der Waals surface area contributed by atoms with E-state index in [-0.39, 0.29) is 13.2 Å². The van der Waals surface area contributed by atoms with Crippen LogP contribution in [-0.4, -0.2) is 52.9 Å². The van der Waals surface area contributed by atoms with Crippen molar-refractivity contribution in [2.45, 2.75) is 55.2 Å². The topological polar surface area (TPSA) is 27.7 Å². The maximum atomic E-state index is 6.24. The van der Waals surface area contributed by atoms with Gasteiger partial charge in [0.05, 0.1) is 13.2 Å². The Morgan fingerprint density at radius 1 is 0.630 bits per heavy atom. The van der Waals surface area contributed by atoms with E-state index in [4.69, 9.17) is 127 Å². The lowest BCUT2D eigenvalue weighted by atomic mass is 10.5. The monoisotopic (exact) mass is 616 g/mol. The van der Waals surface area contributed by atoms with Gasteiger partial charge in [0.2, 0.25) is 7.59 Å². The van der Waals surface area contributed by atoms with Gasteiger partial charge in [-0.05, 0) is 18.1 Å². The van der Waals surface area contributed by atoms with Crippen LogP contribution < -0.4 is 0 Å². The third-order valence-electron chi connectivity index (χ3n) is 3.91. The third-order valence-corrected chi connectivity index (χ3v) is 16.1. The van der Waals surface area contributed by atoms with Gasteiger partial charge in [-0.2, -0.15) is 0 Å². The number of hydrogen-bond acceptors (Lipinski definition) is 3. The molecule has 0 aliphatic carbocycles. The summed E-state index contributed by atoms with van der Waals surface area (Å²) in [6, 6.07) is 2.51. The molecule has 0 aliphatic heterocycles. The molecule has 0 atom stereocenters. The highest BCUT2D eigenvalue weighted by atomic mass is 35.6. The minimum absolute atomic E-state index is 0.365. The van der Waals surface area contributed by atoms with Gasteiger partial charge in [0.1, 0.15) is 0 Å². The molecular formula is C12H19AlCl10O3Si. The first-order chi connectivity index (χ1) is 12.0. The zero-order chi connectivity index (χ0) is 21.7. The summed E-state index contributed by atoms with van der Waals surface area (Å²) in [5.74, 6) is 0. The van der Waals surface area contributed by atoms with Crippen molar-refractivity contribution in [1.29, 1.82) is 0 Å². The van der Waals surface area contributed by atoms with E-state index in [0.29, 0.717) is 0 Å². The van der Waals surface area contributed by atoms with Crippen LogP contribution in [0.1, 0.15) is 20.8 Å². The van der Waals surface area contributed by atoms with Crippen molar-refractivity contribution >= 4 is 139 Å². The van der Waals surface area contributed by atoms with Crippen LogP contribution in [0.3, 0.4) is 0 Å². The second-order valence-electron chi connectivity index (χ2n) is 5.68. The molecule has 0 aromatic carbocycles. The molecule has 0 aliphatic rings. The second-order valence-corrected chi connectivity index (χ2v) is 19.9. The zero-order valence-electron chi connectivity index (χ0n) is 14.6. The summed E-state index contributed by atoms with van der Waals surface area (Å²) < 4.78 is 9.92. The van der Waals surface area contributed by atoms with Gasteiger partial charge in [0.15, 0.2) is 17.0 Å². The Morgan fingerprint density at radius 3 is 1.15 bits per heavy atom. The largest absolute Gasteiger partial charge is 0.894 e. The predicted octanol–water partition coefficient (Wildman–Crippen LogP) is 8.11. The molecule has 0 aromatic rings. The van der Waals surface area contributed by atoms with Gasteiger partial charge in [-0.1, -0.05) is 137 Å². The van der Waals surface area contributed by atoms with E-state index in [2.05, 4.69) is 0 Å². The van der Waals surface area contributed by atoms with Crippen LogP contribution in [0, 0.1) is 0 Å². The molecule has 0 spiro atoms. The minimum atomic E-state index is -2.88. The molecule has 0 fully saturated rings. The average Bonchev–Trinajstić information content (AvgIpc) is 2.52. The van der Waals surface area contributed by atoms with Crippen molar-refractivity contribution in [2.75, 3.05) is 13.2 Å². The van der Waals surface area contributed by atoms with Crippen LogP contribution in [0.15, 0.2) is 0 Å². The van der Waals surface area contributed by atoms with Crippen LogP contribution in [0.5, 0.6) is 0 Å². The Kier molecular flexibility index (Phi) is 13.7. The first-order valence-electron chi connectivity index (χ1n) is 7.77. The van der Waals surface area contributed by atoms with Crippen LogP contribution in [0.25, 0.3) is 0 Å². The molecule has 0 unspecified atom stereocenters. The molecule has 27 heavy (non-hydrogen) atoms. The van der Waals surface area contributed by atoms with E-state index in [1.807, 2.05) is 20.8 Å². The molecule has 0 radical (unpaired) electrons. The number of rotatable bonds is 11. The fourth-order valence-electron chi connectivity index (χ4n) is 1.83. The summed E-state index contributed by atoms with van der Waals surface area (Å²) in [5.41, 5.74) is 0. The summed E-state index contributed by atoms with van der Waals surface area (Å²) in [6.07, 6.45) is 0. The van der Waals surface area contributed by atoms with Crippen molar-refractivity contribution in [3.05, 3.63) is 0 Å². The second kappa shape index (κ2) is 12.1. The Bertz CT molecular complexity index is 415. The zero-order valence-corrected chi connectivity index (χ0v) is 24.3. The van der Waals surface area contributed by atoms with E-state index < -0.39 is 39.7 Å². The lowest BCUT2D eigenvalue weighted by Crippen LogP contribution is -2.49. The van der Waals surface area contributed by atoms with Gasteiger partial charge in [0.25, 0.3) is 0 Å². The molecule has 0 amide bonds. The van der Waals surface area contributed by atoms with Crippen LogP contribution >= 0.6 is 116 Å². The highest BCUT2D eigenvalue weighted by molar-refractivity contribution is 6.78. The minimum Gasteiger partial charge on any atom is -0.498 e. The smallest absolute Gasteiger partial charge is 0.498 e. The quantitative estimate of drug-likeness (QED) is 0.173. The van der Waals surface area contributed by atoms with Gasteiger partial charge in [0, 0.05) is 0 Å². The van der Waals surface area contributed by atoms with E-state index in [9.17, 15) is 0 Å². The molecule has 162 valence electrons. The third kappa shape index (κ3) is 9.91. The van der Waals surface area contributed by atoms with Gasteiger partial charge in [-0.3, -0.25) is 0 Å². The SMILES string of the molecule is CC[Si](CC)(CC)[O][Al]([O]CC(Cl)(Cl)C(Cl)(Cl)Cl)[O]CC(Cl)(Cl)C(Cl)(Cl)Cl. The highest BCUT2D eigenvalue weighted by Crippen LogP contribution is 2.47. The maximum Gasteiger partial charge on any atom is 0.894 e. The van der Waals surface area contributed by atoms with Crippen molar-refractivity contribution < 1.29 is 11.1 Å². The molecule has 0 bridgehead atoms. The standard InChI is InChI=1S/C6H15OSi.2C3H2Cl5O.Al/c1-4-8(7,5-2)6-3;2*4-2(5,1-9)3(6,7)8;/h4-6H2,1-3H3;2*1H2;/q3*-1;+3. The number of halogens is 10. The van der Waals surface area contributed by atoms with Gasteiger partial charge < -0.3 is 11.1 Å². The van der Waals surface area contributed by atoms with Crippen LogP contribution in [0.4, 0.5) is 0 Å².